The maximum Gasteiger partial charge on any atom is 0.254 e. The van der Waals surface area contributed by atoms with Gasteiger partial charge in [0.15, 0.2) is 9.84 Å². The summed E-state index contributed by atoms with van der Waals surface area (Å²) >= 11 is 0. The first kappa shape index (κ1) is 22.0. The molecule has 31 heavy (non-hydrogen) atoms. The SMILES string of the molecule is C=CCN(Cc1cccc(C#N)c1)C(=O)c1cccc(S(=O)(=O)Cc2ccccc2)c1. The maximum absolute atomic E-state index is 13.1. The molecule has 156 valence electrons. The number of benzene rings is 3. The van der Waals surface area contributed by atoms with Gasteiger partial charge in [-0.25, -0.2) is 8.42 Å². The van der Waals surface area contributed by atoms with Crippen molar-refractivity contribution < 1.29 is 13.2 Å². The molecule has 1 amide bonds. The van der Waals surface area contributed by atoms with Gasteiger partial charge >= 0.3 is 0 Å². The first-order valence-corrected chi connectivity index (χ1v) is 11.3. The molecule has 5 nitrogen and oxygen atoms in total. The molecule has 3 aromatic carbocycles. The number of nitriles is 1. The van der Waals surface area contributed by atoms with E-state index in [0.29, 0.717) is 11.1 Å². The van der Waals surface area contributed by atoms with Crippen LogP contribution in [0.15, 0.2) is 96.4 Å². The zero-order valence-corrected chi connectivity index (χ0v) is 17.8. The number of sulfone groups is 1. The molecule has 3 aromatic rings. The average Bonchev–Trinajstić information content (AvgIpc) is 2.79. The van der Waals surface area contributed by atoms with Crippen molar-refractivity contribution in [3.63, 3.8) is 0 Å². The van der Waals surface area contributed by atoms with E-state index in [0.717, 1.165) is 5.56 Å². The second-order valence-electron chi connectivity index (χ2n) is 7.06. The lowest BCUT2D eigenvalue weighted by Gasteiger charge is -2.22. The third-order valence-corrected chi connectivity index (χ3v) is 6.39. The molecule has 0 aliphatic carbocycles. The smallest absolute Gasteiger partial charge is 0.254 e. The Labute approximate surface area is 182 Å². The lowest BCUT2D eigenvalue weighted by molar-refractivity contribution is 0.0762. The molecule has 0 saturated heterocycles. The van der Waals surface area contributed by atoms with E-state index >= 15 is 0 Å². The van der Waals surface area contributed by atoms with Gasteiger partial charge in [-0.15, -0.1) is 6.58 Å². The van der Waals surface area contributed by atoms with Gasteiger partial charge in [0.25, 0.3) is 5.91 Å². The normalized spacial score (nSPS) is 10.8. The number of carbonyl (C=O) groups is 1. The van der Waals surface area contributed by atoms with E-state index in [4.69, 9.17) is 5.26 Å². The molecule has 0 atom stereocenters. The predicted octanol–water partition coefficient (Wildman–Crippen LogP) is 4.36. The Morgan fingerprint density at radius 3 is 2.39 bits per heavy atom. The van der Waals surface area contributed by atoms with Gasteiger partial charge in [-0.1, -0.05) is 54.6 Å². The second kappa shape index (κ2) is 9.88. The monoisotopic (exact) mass is 430 g/mol. The molecule has 0 aliphatic heterocycles. The van der Waals surface area contributed by atoms with Crippen LogP contribution in [0.1, 0.15) is 27.0 Å². The first-order valence-electron chi connectivity index (χ1n) is 9.69. The maximum atomic E-state index is 13.1. The Kier molecular flexibility index (Phi) is 7.01. The molecule has 0 aliphatic rings. The minimum Gasteiger partial charge on any atom is -0.331 e. The molecule has 0 bridgehead atoms. The fourth-order valence-corrected chi connectivity index (χ4v) is 4.61. The van der Waals surface area contributed by atoms with Crippen LogP contribution in [0.25, 0.3) is 0 Å². The van der Waals surface area contributed by atoms with Crippen LogP contribution in [0.2, 0.25) is 0 Å². The summed E-state index contributed by atoms with van der Waals surface area (Å²) in [5.41, 5.74) is 2.29. The van der Waals surface area contributed by atoms with Crippen molar-refractivity contribution in [2.24, 2.45) is 0 Å². The van der Waals surface area contributed by atoms with Crippen molar-refractivity contribution in [3.8, 4) is 6.07 Å². The molecule has 0 radical (unpaired) electrons. The Morgan fingerprint density at radius 1 is 0.968 bits per heavy atom. The van der Waals surface area contributed by atoms with Crippen molar-refractivity contribution >= 4 is 15.7 Å². The summed E-state index contributed by atoms with van der Waals surface area (Å²) in [6.07, 6.45) is 1.61. The summed E-state index contributed by atoms with van der Waals surface area (Å²) in [6, 6.07) is 24.1. The molecule has 0 spiro atoms. The van der Waals surface area contributed by atoms with Crippen LogP contribution in [0.5, 0.6) is 0 Å². The summed E-state index contributed by atoms with van der Waals surface area (Å²) in [6.45, 7) is 4.28. The van der Waals surface area contributed by atoms with Gasteiger partial charge in [0.05, 0.1) is 22.3 Å². The zero-order chi connectivity index (χ0) is 22.3. The number of nitrogens with zero attached hydrogens (tertiary/aromatic N) is 2. The van der Waals surface area contributed by atoms with Gasteiger partial charge in [-0.05, 0) is 41.5 Å². The second-order valence-corrected chi connectivity index (χ2v) is 9.05. The third-order valence-electron chi connectivity index (χ3n) is 4.71. The van der Waals surface area contributed by atoms with Gasteiger partial charge in [0.1, 0.15) is 0 Å². The van der Waals surface area contributed by atoms with E-state index in [1.165, 1.54) is 12.1 Å². The molecule has 0 fully saturated rings. The van der Waals surface area contributed by atoms with Crippen molar-refractivity contribution in [1.29, 1.82) is 5.26 Å². The number of hydrogen-bond acceptors (Lipinski definition) is 4. The summed E-state index contributed by atoms with van der Waals surface area (Å²) in [5.74, 6) is -0.443. The number of rotatable bonds is 8. The number of amides is 1. The van der Waals surface area contributed by atoms with Crippen molar-refractivity contribution in [1.82, 2.24) is 4.90 Å². The highest BCUT2D eigenvalue weighted by atomic mass is 32.2. The van der Waals surface area contributed by atoms with Gasteiger partial charge in [-0.3, -0.25) is 4.79 Å². The molecule has 0 unspecified atom stereocenters. The molecule has 0 saturated carbocycles. The van der Waals surface area contributed by atoms with E-state index in [9.17, 15) is 13.2 Å². The third kappa shape index (κ3) is 5.68. The van der Waals surface area contributed by atoms with Crippen LogP contribution in [-0.2, 0) is 22.1 Å². The van der Waals surface area contributed by atoms with Gasteiger partial charge in [0.2, 0.25) is 0 Å². The summed E-state index contributed by atoms with van der Waals surface area (Å²) in [4.78, 5) is 14.8. The van der Waals surface area contributed by atoms with Crippen molar-refractivity contribution in [2.75, 3.05) is 6.54 Å². The minimum absolute atomic E-state index is 0.104. The van der Waals surface area contributed by atoms with Crippen LogP contribution in [-0.4, -0.2) is 25.8 Å². The Bertz CT molecular complexity index is 1230. The molecule has 0 aromatic heterocycles. The number of hydrogen-bond donors (Lipinski definition) is 0. The average molecular weight is 431 g/mol. The molecule has 0 heterocycles. The Hall–Kier alpha value is -3.69. The van der Waals surface area contributed by atoms with Crippen LogP contribution in [0.3, 0.4) is 0 Å². The highest BCUT2D eigenvalue weighted by Gasteiger charge is 2.20. The van der Waals surface area contributed by atoms with E-state index < -0.39 is 9.84 Å². The standard InChI is InChI=1S/C25H22N2O3S/c1-2-14-27(18-22-11-6-10-21(15-22)17-26)25(28)23-12-7-13-24(16-23)31(29,30)19-20-8-4-3-5-9-20/h2-13,15-16H,1,14,18-19H2. The molecule has 0 N–H and O–H groups in total. The van der Waals surface area contributed by atoms with E-state index in [2.05, 4.69) is 12.6 Å². The Balaban J connectivity index is 1.85. The molecular formula is C25H22N2O3S. The molecule has 3 rings (SSSR count). The van der Waals surface area contributed by atoms with Gasteiger partial charge in [-0.2, -0.15) is 5.26 Å². The van der Waals surface area contributed by atoms with Gasteiger partial charge < -0.3 is 4.90 Å². The fraction of sp³-hybridized carbons (Fsp3) is 0.120. The Morgan fingerprint density at radius 2 is 1.68 bits per heavy atom. The van der Waals surface area contributed by atoms with Crippen molar-refractivity contribution in [2.45, 2.75) is 17.2 Å². The van der Waals surface area contributed by atoms with E-state index in [1.54, 1.807) is 65.6 Å². The van der Waals surface area contributed by atoms with E-state index in [1.807, 2.05) is 12.1 Å². The van der Waals surface area contributed by atoms with Crippen molar-refractivity contribution in [3.05, 3.63) is 114 Å². The van der Waals surface area contributed by atoms with Crippen LogP contribution in [0, 0.1) is 11.3 Å². The summed E-state index contributed by atoms with van der Waals surface area (Å²) < 4.78 is 25.7. The predicted molar refractivity (Wildman–Crippen MR) is 120 cm³/mol. The lowest BCUT2D eigenvalue weighted by atomic mass is 10.1. The quantitative estimate of drug-likeness (QED) is 0.498. The van der Waals surface area contributed by atoms with Crippen LogP contribution < -0.4 is 0 Å². The molecule has 6 heteroatoms. The largest absolute Gasteiger partial charge is 0.331 e. The number of carbonyl (C=O) groups excluding carboxylic acids is 1. The van der Waals surface area contributed by atoms with Crippen LogP contribution >= 0.6 is 0 Å². The van der Waals surface area contributed by atoms with Crippen LogP contribution in [0.4, 0.5) is 0 Å². The topological polar surface area (TPSA) is 78.2 Å². The van der Waals surface area contributed by atoms with E-state index in [-0.39, 0.29) is 35.2 Å². The minimum atomic E-state index is -3.60. The fourth-order valence-electron chi connectivity index (χ4n) is 3.22. The highest BCUT2D eigenvalue weighted by Crippen LogP contribution is 2.19. The lowest BCUT2D eigenvalue weighted by Crippen LogP contribution is -2.30. The van der Waals surface area contributed by atoms with Gasteiger partial charge in [0, 0.05) is 18.7 Å². The molecular weight excluding hydrogens is 408 g/mol. The first-order chi connectivity index (χ1) is 14.9. The summed E-state index contributed by atoms with van der Waals surface area (Å²) in [7, 11) is -3.60. The highest BCUT2D eigenvalue weighted by molar-refractivity contribution is 7.90. The zero-order valence-electron chi connectivity index (χ0n) is 16.9. The summed E-state index contributed by atoms with van der Waals surface area (Å²) in [5, 5.41) is 9.10.